The van der Waals surface area contributed by atoms with Gasteiger partial charge in [0.05, 0.1) is 19.3 Å². The van der Waals surface area contributed by atoms with Gasteiger partial charge >= 0.3 is 0 Å². The smallest absolute Gasteiger partial charge is 0.283 e. The van der Waals surface area contributed by atoms with E-state index in [1.165, 1.54) is 11.1 Å². The van der Waals surface area contributed by atoms with Gasteiger partial charge in [0.2, 0.25) is 5.95 Å². The molecule has 2 aromatic rings. The van der Waals surface area contributed by atoms with Crippen molar-refractivity contribution in [2.45, 2.75) is 45.1 Å². The molecule has 0 saturated carbocycles. The molecule has 26 heavy (non-hydrogen) atoms. The maximum absolute atomic E-state index is 14.2. The summed E-state index contributed by atoms with van der Waals surface area (Å²) in [6, 6.07) is 0. The molecule has 2 aliphatic rings. The van der Waals surface area contributed by atoms with E-state index in [0.29, 0.717) is 31.5 Å². The largest absolute Gasteiger partial charge is 0.381 e. The van der Waals surface area contributed by atoms with Crippen molar-refractivity contribution in [3.63, 3.8) is 0 Å². The van der Waals surface area contributed by atoms with Crippen LogP contribution in [0.5, 0.6) is 0 Å². The molecule has 2 aliphatic heterocycles. The van der Waals surface area contributed by atoms with Crippen molar-refractivity contribution >= 4 is 11.5 Å². The summed E-state index contributed by atoms with van der Waals surface area (Å²) in [7, 11) is 0. The van der Waals surface area contributed by atoms with E-state index in [-0.39, 0.29) is 17.4 Å². The number of fused-ring (bicyclic) bond motifs is 2. The number of nitrogens with zero attached hydrogens (tertiary/aromatic N) is 5. The van der Waals surface area contributed by atoms with Crippen LogP contribution in [-0.2, 0) is 11.3 Å². The van der Waals surface area contributed by atoms with Crippen molar-refractivity contribution in [2.24, 2.45) is 5.92 Å². The van der Waals surface area contributed by atoms with E-state index in [0.717, 1.165) is 17.4 Å². The van der Waals surface area contributed by atoms with E-state index >= 15 is 0 Å². The third kappa shape index (κ3) is 2.98. The lowest BCUT2D eigenvalue weighted by molar-refractivity contribution is -0.0182. The van der Waals surface area contributed by atoms with Crippen LogP contribution in [0.3, 0.4) is 0 Å². The van der Waals surface area contributed by atoms with Crippen molar-refractivity contribution in [3.05, 3.63) is 22.4 Å². The maximum Gasteiger partial charge on any atom is 0.283 e. The Morgan fingerprint density at radius 1 is 1.31 bits per heavy atom. The van der Waals surface area contributed by atoms with Crippen molar-refractivity contribution in [1.82, 2.24) is 19.2 Å². The Morgan fingerprint density at radius 3 is 2.73 bits per heavy atom. The Labute approximate surface area is 149 Å². The average Bonchev–Trinajstić information content (AvgIpc) is 3.00. The van der Waals surface area contributed by atoms with Crippen LogP contribution in [0, 0.1) is 5.92 Å². The summed E-state index contributed by atoms with van der Waals surface area (Å²) in [5.41, 5.74) is -0.216. The molecule has 2 aromatic heterocycles. The first-order valence-electron chi connectivity index (χ1n) is 9.05. The van der Waals surface area contributed by atoms with Crippen LogP contribution in [0.2, 0.25) is 0 Å². The Balaban J connectivity index is 1.85. The van der Waals surface area contributed by atoms with Gasteiger partial charge < -0.3 is 9.64 Å². The monoisotopic (exact) mass is 367 g/mol. The van der Waals surface area contributed by atoms with Crippen molar-refractivity contribution in [2.75, 3.05) is 31.2 Å². The van der Waals surface area contributed by atoms with Crippen molar-refractivity contribution < 1.29 is 13.5 Å². The molecule has 1 saturated heterocycles. The normalized spacial score (nSPS) is 20.7. The number of alkyl halides is 2. The van der Waals surface area contributed by atoms with Crippen LogP contribution in [-0.4, -0.2) is 51.4 Å². The minimum absolute atomic E-state index is 0.157. The zero-order valence-electron chi connectivity index (χ0n) is 15.0. The number of imidazole rings is 1. The molecular formula is C17H23F2N5O2. The van der Waals surface area contributed by atoms with E-state index in [2.05, 4.69) is 10.1 Å². The predicted octanol–water partition coefficient (Wildman–Crippen LogP) is 1.90. The molecule has 0 aliphatic carbocycles. The van der Waals surface area contributed by atoms with Crippen LogP contribution in [0.15, 0.2) is 11.0 Å². The fraction of sp³-hybridized carbons (Fsp3) is 0.706. The van der Waals surface area contributed by atoms with Crippen LogP contribution < -0.4 is 10.5 Å². The molecule has 0 radical (unpaired) electrons. The van der Waals surface area contributed by atoms with E-state index in [1.54, 1.807) is 4.52 Å². The Morgan fingerprint density at radius 2 is 2.04 bits per heavy atom. The second-order valence-electron chi connectivity index (χ2n) is 7.62. The van der Waals surface area contributed by atoms with Crippen molar-refractivity contribution in [3.8, 4) is 0 Å². The number of aromatic nitrogens is 4. The minimum atomic E-state index is -2.96. The van der Waals surface area contributed by atoms with Gasteiger partial charge in [-0.25, -0.2) is 18.3 Å². The second-order valence-corrected chi connectivity index (χ2v) is 7.62. The summed E-state index contributed by atoms with van der Waals surface area (Å²) < 4.78 is 36.4. The van der Waals surface area contributed by atoms with Crippen LogP contribution in [0.1, 0.15) is 38.4 Å². The van der Waals surface area contributed by atoms with Gasteiger partial charge in [0.25, 0.3) is 11.5 Å². The van der Waals surface area contributed by atoms with Crippen LogP contribution >= 0.6 is 0 Å². The first-order valence-corrected chi connectivity index (χ1v) is 9.05. The van der Waals surface area contributed by atoms with Gasteiger partial charge in [-0.05, 0) is 18.8 Å². The molecule has 9 heteroatoms. The number of ether oxygens (including phenoxy) is 1. The molecule has 4 rings (SSSR count). The average molecular weight is 367 g/mol. The summed E-state index contributed by atoms with van der Waals surface area (Å²) >= 11 is 0. The summed E-state index contributed by atoms with van der Waals surface area (Å²) in [6.07, 6.45) is 3.08. The Bertz CT molecular complexity index is 870. The SMILES string of the molecule is CC(C)CN1CC(F)(F)Cn2c1nn1c(C3CCOCC3)ncc1c2=O. The summed E-state index contributed by atoms with van der Waals surface area (Å²) in [6.45, 7) is 4.55. The number of rotatable bonds is 3. The molecule has 0 spiro atoms. The molecule has 0 unspecified atom stereocenters. The fourth-order valence-corrected chi connectivity index (χ4v) is 3.81. The summed E-state index contributed by atoms with van der Waals surface area (Å²) in [4.78, 5) is 18.8. The van der Waals surface area contributed by atoms with E-state index in [4.69, 9.17) is 4.74 Å². The molecular weight excluding hydrogens is 344 g/mol. The molecule has 142 valence electrons. The number of anilines is 1. The number of hydrogen-bond acceptors (Lipinski definition) is 5. The lowest BCUT2D eigenvalue weighted by Gasteiger charge is -2.36. The highest BCUT2D eigenvalue weighted by Crippen LogP contribution is 2.30. The van der Waals surface area contributed by atoms with Gasteiger partial charge in [0.1, 0.15) is 5.82 Å². The molecule has 0 atom stereocenters. The highest BCUT2D eigenvalue weighted by Gasteiger charge is 2.40. The molecule has 0 N–H and O–H groups in total. The van der Waals surface area contributed by atoms with Crippen LogP contribution in [0.25, 0.3) is 5.52 Å². The predicted molar refractivity (Wildman–Crippen MR) is 92.0 cm³/mol. The summed E-state index contributed by atoms with van der Waals surface area (Å²) in [5.74, 6) is -1.62. The molecule has 4 heterocycles. The zero-order chi connectivity index (χ0) is 18.5. The highest BCUT2D eigenvalue weighted by molar-refractivity contribution is 5.47. The Kier molecular flexibility index (Phi) is 4.21. The fourth-order valence-electron chi connectivity index (χ4n) is 3.81. The quantitative estimate of drug-likeness (QED) is 0.829. The minimum Gasteiger partial charge on any atom is -0.381 e. The van der Waals surface area contributed by atoms with Crippen LogP contribution in [0.4, 0.5) is 14.7 Å². The highest BCUT2D eigenvalue weighted by atomic mass is 19.3. The van der Waals surface area contributed by atoms with Gasteiger partial charge in [0, 0.05) is 25.7 Å². The van der Waals surface area contributed by atoms with E-state index < -0.39 is 24.6 Å². The molecule has 0 bridgehead atoms. The Hall–Kier alpha value is -2.03. The van der Waals surface area contributed by atoms with Crippen molar-refractivity contribution in [1.29, 1.82) is 0 Å². The van der Waals surface area contributed by atoms with Gasteiger partial charge in [-0.15, -0.1) is 5.10 Å². The first kappa shape index (κ1) is 17.4. The van der Waals surface area contributed by atoms with Gasteiger partial charge in [-0.2, -0.15) is 0 Å². The van der Waals surface area contributed by atoms with Gasteiger partial charge in [0.15, 0.2) is 5.52 Å². The van der Waals surface area contributed by atoms with E-state index in [1.807, 2.05) is 13.8 Å². The summed E-state index contributed by atoms with van der Waals surface area (Å²) in [5, 5.41) is 4.58. The molecule has 1 fully saturated rings. The second kappa shape index (κ2) is 6.29. The zero-order valence-corrected chi connectivity index (χ0v) is 15.0. The number of hydrogen-bond donors (Lipinski definition) is 0. The topological polar surface area (TPSA) is 64.7 Å². The lowest BCUT2D eigenvalue weighted by Crippen LogP contribution is -2.51. The molecule has 7 nitrogen and oxygen atoms in total. The first-order chi connectivity index (χ1) is 12.4. The van der Waals surface area contributed by atoms with Gasteiger partial charge in [-0.3, -0.25) is 9.36 Å². The third-order valence-corrected chi connectivity index (χ3v) is 4.93. The van der Waals surface area contributed by atoms with Gasteiger partial charge in [-0.1, -0.05) is 13.8 Å². The van der Waals surface area contributed by atoms with E-state index in [9.17, 15) is 13.6 Å². The molecule has 0 aromatic carbocycles. The lowest BCUT2D eigenvalue weighted by atomic mass is 10.00. The molecule has 0 amide bonds. The standard InChI is InChI=1S/C17H23F2N5O2/c1-11(2)8-22-9-17(18,19)10-23-15(25)13-7-20-14(24(13)21-16(22)23)12-3-5-26-6-4-12/h7,11-12H,3-6,8-10H2,1-2H3. The number of halogens is 2. The maximum atomic E-state index is 14.2. The third-order valence-electron chi connectivity index (χ3n) is 4.93.